The fourth-order valence-corrected chi connectivity index (χ4v) is 1.08. The Morgan fingerprint density at radius 3 is 2.20 bits per heavy atom. The minimum absolute atomic E-state index is 0.0417. The van der Waals surface area contributed by atoms with Crippen LogP contribution in [0.15, 0.2) is 35.5 Å². The number of hydrogen-bond donors (Lipinski definition) is 0. The number of carbonyl (C=O) groups is 2. The van der Waals surface area contributed by atoms with Gasteiger partial charge in [-0.1, -0.05) is 0 Å². The summed E-state index contributed by atoms with van der Waals surface area (Å²) in [6.07, 6.45) is 5.61. The molecule has 0 heterocycles. The fourth-order valence-electron chi connectivity index (χ4n) is 1.08. The largest absolute Gasteiger partial charge is 0.344 e. The van der Waals surface area contributed by atoms with Crippen molar-refractivity contribution in [2.75, 3.05) is 14.1 Å². The zero-order valence-corrected chi connectivity index (χ0v) is 8.52. The molecular weight excluding hydrogens is 192 g/mol. The van der Waals surface area contributed by atoms with Crippen molar-refractivity contribution in [2.24, 2.45) is 0 Å². The highest BCUT2D eigenvalue weighted by Gasteiger charge is 2.15. The third-order valence-corrected chi connectivity index (χ3v) is 1.87. The van der Waals surface area contributed by atoms with E-state index in [0.717, 1.165) is 0 Å². The lowest BCUT2D eigenvalue weighted by atomic mass is 10.0. The highest BCUT2D eigenvalue weighted by Crippen LogP contribution is 2.13. The predicted molar refractivity (Wildman–Crippen MR) is 54.6 cm³/mol. The summed E-state index contributed by atoms with van der Waals surface area (Å²) in [5.74, 6) is -0.510. The van der Waals surface area contributed by atoms with E-state index < -0.39 is 0 Å². The molecule has 0 aromatic rings. The van der Waals surface area contributed by atoms with Crippen LogP contribution in [0.1, 0.15) is 0 Å². The predicted octanol–water partition coefficient (Wildman–Crippen LogP) is 0.590. The number of carbonyl (C=O) groups excluding carboxylic acids is 2. The van der Waals surface area contributed by atoms with Gasteiger partial charge in [0.15, 0.2) is 5.78 Å². The third kappa shape index (κ3) is 2.41. The van der Waals surface area contributed by atoms with Crippen LogP contribution >= 0.6 is 0 Å². The van der Waals surface area contributed by atoms with Crippen LogP contribution in [0.2, 0.25) is 0 Å². The molecule has 0 fully saturated rings. The molecule has 0 saturated carbocycles. The van der Waals surface area contributed by atoms with E-state index in [1.165, 1.54) is 29.2 Å². The van der Waals surface area contributed by atoms with Crippen molar-refractivity contribution in [1.29, 1.82) is 5.26 Å². The summed E-state index contributed by atoms with van der Waals surface area (Å²) in [7, 11) is 3.14. The lowest BCUT2D eigenvalue weighted by Gasteiger charge is -2.10. The van der Waals surface area contributed by atoms with E-state index in [4.69, 9.17) is 5.26 Å². The zero-order chi connectivity index (χ0) is 11.4. The summed E-state index contributed by atoms with van der Waals surface area (Å²) < 4.78 is 0. The Hall–Kier alpha value is -2.15. The van der Waals surface area contributed by atoms with Gasteiger partial charge in [-0.15, -0.1) is 0 Å². The molecule has 1 rings (SSSR count). The molecule has 4 heteroatoms. The van der Waals surface area contributed by atoms with E-state index in [9.17, 15) is 9.59 Å². The molecule has 0 unspecified atom stereocenters. The average Bonchev–Trinajstić information content (AvgIpc) is 2.21. The van der Waals surface area contributed by atoms with Crippen molar-refractivity contribution >= 4 is 11.7 Å². The van der Waals surface area contributed by atoms with Gasteiger partial charge in [-0.2, -0.15) is 5.26 Å². The molecule has 0 saturated heterocycles. The van der Waals surface area contributed by atoms with Gasteiger partial charge >= 0.3 is 0 Å². The molecule has 0 radical (unpaired) electrons. The Morgan fingerprint density at radius 2 is 1.80 bits per heavy atom. The van der Waals surface area contributed by atoms with Crippen LogP contribution in [0.4, 0.5) is 0 Å². The number of allylic oxidation sites excluding steroid dienone is 5. The molecule has 0 atom stereocenters. The maximum atomic E-state index is 11.5. The normalized spacial score (nSPS) is 13.7. The minimum atomic E-state index is -0.365. The van der Waals surface area contributed by atoms with E-state index in [2.05, 4.69) is 0 Å². The first-order chi connectivity index (χ1) is 7.06. The van der Waals surface area contributed by atoms with Crippen molar-refractivity contribution in [3.8, 4) is 6.07 Å². The van der Waals surface area contributed by atoms with Gasteiger partial charge in [0.05, 0.1) is 0 Å². The Labute approximate surface area is 87.8 Å². The molecule has 1 aliphatic rings. The minimum Gasteiger partial charge on any atom is -0.344 e. The lowest BCUT2D eigenvalue weighted by molar-refractivity contribution is -0.124. The van der Waals surface area contributed by atoms with Crippen LogP contribution < -0.4 is 0 Å². The first-order valence-electron chi connectivity index (χ1n) is 4.32. The summed E-state index contributed by atoms with van der Waals surface area (Å²) in [6.45, 7) is 0. The van der Waals surface area contributed by atoms with Crippen LogP contribution in [0.3, 0.4) is 0 Å². The molecule has 4 nitrogen and oxygen atoms in total. The summed E-state index contributed by atoms with van der Waals surface area (Å²) in [6, 6.07) is 1.84. The summed E-state index contributed by atoms with van der Waals surface area (Å²) in [4.78, 5) is 23.7. The summed E-state index contributed by atoms with van der Waals surface area (Å²) in [5.41, 5.74) is 0.510. The molecular formula is C11H10N2O2. The molecule has 0 spiro atoms. The van der Waals surface area contributed by atoms with E-state index in [0.29, 0.717) is 5.57 Å². The van der Waals surface area contributed by atoms with Crippen molar-refractivity contribution in [2.45, 2.75) is 0 Å². The van der Waals surface area contributed by atoms with Gasteiger partial charge in [0.25, 0.3) is 5.91 Å². The van der Waals surface area contributed by atoms with Crippen LogP contribution in [-0.4, -0.2) is 30.7 Å². The van der Waals surface area contributed by atoms with E-state index in [1.54, 1.807) is 14.1 Å². The molecule has 1 aliphatic carbocycles. The van der Waals surface area contributed by atoms with Crippen LogP contribution in [0, 0.1) is 11.3 Å². The van der Waals surface area contributed by atoms with E-state index in [1.807, 2.05) is 6.07 Å². The quantitative estimate of drug-likeness (QED) is 0.462. The molecule has 0 N–H and O–H groups in total. The van der Waals surface area contributed by atoms with Gasteiger partial charge in [-0.25, -0.2) is 0 Å². The van der Waals surface area contributed by atoms with Gasteiger partial charge in [-0.3, -0.25) is 9.59 Å². The standard InChI is InChI=1S/C11H10N2O2/c1-13(2)11(15)10(7-12)8-3-5-9(14)6-4-8/h3-6H,1-2H3. The number of likely N-dealkylation sites (N-methyl/N-ethyl adjacent to an activating group) is 1. The van der Waals surface area contributed by atoms with Crippen LogP contribution in [0.25, 0.3) is 0 Å². The SMILES string of the molecule is CN(C)C(=O)C(C#N)=C1C=CC(=O)C=C1. The number of ketones is 1. The lowest BCUT2D eigenvalue weighted by Crippen LogP contribution is -2.23. The van der Waals surface area contributed by atoms with Crippen molar-refractivity contribution in [3.63, 3.8) is 0 Å². The van der Waals surface area contributed by atoms with Crippen molar-refractivity contribution < 1.29 is 9.59 Å². The van der Waals surface area contributed by atoms with Crippen LogP contribution in [0.5, 0.6) is 0 Å². The second-order valence-electron chi connectivity index (χ2n) is 3.21. The molecule has 15 heavy (non-hydrogen) atoms. The van der Waals surface area contributed by atoms with E-state index in [-0.39, 0.29) is 17.3 Å². The van der Waals surface area contributed by atoms with E-state index >= 15 is 0 Å². The number of nitriles is 1. The summed E-state index contributed by atoms with van der Waals surface area (Å²) in [5, 5.41) is 8.86. The van der Waals surface area contributed by atoms with Gasteiger partial charge in [0.2, 0.25) is 0 Å². The monoisotopic (exact) mass is 202 g/mol. The molecule has 0 aromatic heterocycles. The first-order valence-corrected chi connectivity index (χ1v) is 4.32. The maximum Gasteiger partial charge on any atom is 0.264 e. The Morgan fingerprint density at radius 1 is 1.27 bits per heavy atom. The average molecular weight is 202 g/mol. The van der Waals surface area contributed by atoms with Crippen LogP contribution in [-0.2, 0) is 9.59 Å². The Kier molecular flexibility index (Phi) is 3.19. The molecule has 0 aliphatic heterocycles. The first kappa shape index (κ1) is 10.9. The van der Waals surface area contributed by atoms with Gasteiger partial charge in [0.1, 0.15) is 11.6 Å². The number of hydrogen-bond acceptors (Lipinski definition) is 3. The number of amides is 1. The van der Waals surface area contributed by atoms with Crippen molar-refractivity contribution in [1.82, 2.24) is 4.90 Å². The number of nitrogens with zero attached hydrogens (tertiary/aromatic N) is 2. The Bertz CT molecular complexity index is 416. The highest BCUT2D eigenvalue weighted by atomic mass is 16.2. The fraction of sp³-hybridized carbons (Fsp3) is 0.182. The van der Waals surface area contributed by atoms with Gasteiger partial charge in [-0.05, 0) is 29.9 Å². The second kappa shape index (κ2) is 4.38. The topological polar surface area (TPSA) is 61.2 Å². The molecule has 76 valence electrons. The second-order valence-corrected chi connectivity index (χ2v) is 3.21. The number of rotatable bonds is 1. The highest BCUT2D eigenvalue weighted by molar-refractivity contribution is 6.04. The molecule has 0 aromatic carbocycles. The summed E-state index contributed by atoms with van der Waals surface area (Å²) >= 11 is 0. The molecule has 0 bridgehead atoms. The third-order valence-electron chi connectivity index (χ3n) is 1.87. The van der Waals surface area contributed by atoms with Gasteiger partial charge < -0.3 is 4.90 Å². The van der Waals surface area contributed by atoms with Crippen molar-refractivity contribution in [3.05, 3.63) is 35.5 Å². The Balaban J connectivity index is 3.13. The molecule has 1 amide bonds. The maximum absolute atomic E-state index is 11.5. The zero-order valence-electron chi connectivity index (χ0n) is 8.52. The smallest absolute Gasteiger partial charge is 0.264 e. The van der Waals surface area contributed by atoms with Gasteiger partial charge in [0, 0.05) is 14.1 Å².